The van der Waals surface area contributed by atoms with Gasteiger partial charge in [0.25, 0.3) is 5.91 Å². The first-order chi connectivity index (χ1) is 14.3. The number of methoxy groups -OCH3 is 1. The number of aromatic nitrogens is 3. The van der Waals surface area contributed by atoms with Gasteiger partial charge in [0.15, 0.2) is 0 Å². The molecule has 2 aromatic heterocycles. The average Bonchev–Trinajstić information content (AvgIpc) is 3.28. The molecule has 3 N–H and O–H groups in total. The van der Waals surface area contributed by atoms with Crippen LogP contribution in [0.1, 0.15) is 22.8 Å². The van der Waals surface area contributed by atoms with Crippen LogP contribution in [0.3, 0.4) is 0 Å². The van der Waals surface area contributed by atoms with E-state index < -0.39 is 24.2 Å². The lowest BCUT2D eigenvalue weighted by Gasteiger charge is -2.11. The molecule has 2 amide bonds. The highest BCUT2D eigenvalue weighted by Crippen LogP contribution is 2.30. The number of aromatic amines is 1. The first-order valence-corrected chi connectivity index (χ1v) is 10.0. The Hall–Kier alpha value is -2.99. The van der Waals surface area contributed by atoms with Gasteiger partial charge in [0, 0.05) is 18.2 Å². The van der Waals surface area contributed by atoms with Crippen molar-refractivity contribution in [3.8, 4) is 11.4 Å². The molecule has 0 unspecified atom stereocenters. The van der Waals surface area contributed by atoms with Gasteiger partial charge in [-0.15, -0.1) is 0 Å². The number of rotatable bonds is 6. The fourth-order valence-corrected chi connectivity index (χ4v) is 3.11. The van der Waals surface area contributed by atoms with E-state index in [0.717, 1.165) is 0 Å². The molecule has 0 aliphatic carbocycles. The Labute approximate surface area is 187 Å². The number of esters is 1. The Morgan fingerprint density at radius 1 is 1.20 bits per heavy atom. The minimum atomic E-state index is -0.659. The van der Waals surface area contributed by atoms with E-state index >= 15 is 0 Å². The monoisotopic (exact) mass is 539 g/mol. The summed E-state index contributed by atoms with van der Waals surface area (Å²) in [4.78, 5) is 42.9. The number of anilines is 2. The van der Waals surface area contributed by atoms with Gasteiger partial charge < -0.3 is 24.9 Å². The highest BCUT2D eigenvalue weighted by atomic mass is 79.9. The summed E-state index contributed by atoms with van der Waals surface area (Å²) < 4.78 is 10.8. The maximum absolute atomic E-state index is 12.6. The van der Waals surface area contributed by atoms with Crippen LogP contribution >= 0.6 is 31.9 Å². The third-order valence-electron chi connectivity index (χ3n) is 3.82. The van der Waals surface area contributed by atoms with Crippen LogP contribution in [0.2, 0.25) is 0 Å². The maximum Gasteiger partial charge on any atom is 0.315 e. The van der Waals surface area contributed by atoms with Gasteiger partial charge in [-0.3, -0.25) is 14.4 Å². The number of hydrogen-bond donors (Lipinski definition) is 3. The highest BCUT2D eigenvalue weighted by Gasteiger charge is 2.18. The second-order valence-corrected chi connectivity index (χ2v) is 7.64. The van der Waals surface area contributed by atoms with Gasteiger partial charge in [-0.25, -0.2) is 0 Å². The number of nitrogens with zero attached hydrogens (tertiary/aromatic N) is 2. The Bertz CT molecular complexity index is 1100. The van der Waals surface area contributed by atoms with E-state index in [-0.39, 0.29) is 5.82 Å². The van der Waals surface area contributed by atoms with Crippen molar-refractivity contribution in [2.24, 2.45) is 0 Å². The van der Waals surface area contributed by atoms with Gasteiger partial charge in [0.05, 0.1) is 21.9 Å². The second kappa shape index (κ2) is 9.22. The average molecular weight is 541 g/mol. The first-order valence-electron chi connectivity index (χ1n) is 8.43. The Morgan fingerprint density at radius 3 is 2.57 bits per heavy atom. The summed E-state index contributed by atoms with van der Waals surface area (Å²) in [6.07, 6.45) is -0.428. The molecule has 0 saturated heterocycles. The van der Waals surface area contributed by atoms with Crippen LogP contribution in [0.5, 0.6) is 0 Å². The van der Waals surface area contributed by atoms with Crippen molar-refractivity contribution in [1.29, 1.82) is 0 Å². The standard InChI is InChI=1S/C18H15Br2N5O5/c1-8-21-17(25-30-8)10-5-9(22-14(26)7-15(27)29-2)3-4-12(10)24-18(28)13-6-11(19)16(20)23-13/h3-6,23H,7H2,1-2H3,(H,22,26)(H,24,28). The highest BCUT2D eigenvalue weighted by molar-refractivity contribution is 9.13. The van der Waals surface area contributed by atoms with Crippen LogP contribution in [0, 0.1) is 6.92 Å². The molecule has 3 aromatic rings. The molecule has 156 valence electrons. The third-order valence-corrected chi connectivity index (χ3v) is 5.61. The van der Waals surface area contributed by atoms with Crippen molar-refractivity contribution in [3.05, 3.63) is 44.9 Å². The summed E-state index contributed by atoms with van der Waals surface area (Å²) in [5.74, 6) is -1.05. The fourth-order valence-electron chi connectivity index (χ4n) is 2.45. The molecule has 1 aromatic carbocycles. The van der Waals surface area contributed by atoms with Gasteiger partial charge >= 0.3 is 5.97 Å². The van der Waals surface area contributed by atoms with Crippen molar-refractivity contribution in [2.45, 2.75) is 13.3 Å². The minimum absolute atomic E-state index is 0.223. The van der Waals surface area contributed by atoms with Crippen molar-refractivity contribution < 1.29 is 23.6 Å². The number of halogens is 2. The zero-order valence-corrected chi connectivity index (χ0v) is 18.9. The zero-order chi connectivity index (χ0) is 21.8. The molecule has 0 fully saturated rings. The number of H-pyrrole nitrogens is 1. The molecule has 10 nitrogen and oxygen atoms in total. The second-order valence-electron chi connectivity index (χ2n) is 6.00. The molecule has 2 heterocycles. The van der Waals surface area contributed by atoms with E-state index in [4.69, 9.17) is 4.52 Å². The first kappa shape index (κ1) is 21.7. The lowest BCUT2D eigenvalue weighted by Crippen LogP contribution is -2.17. The minimum Gasteiger partial charge on any atom is -0.469 e. The predicted octanol–water partition coefficient (Wildman–Crippen LogP) is 3.65. The van der Waals surface area contributed by atoms with E-state index in [9.17, 15) is 14.4 Å². The molecule has 0 atom stereocenters. The normalized spacial score (nSPS) is 10.5. The number of aryl methyl sites for hydroxylation is 1. The van der Waals surface area contributed by atoms with Gasteiger partial charge in [0.2, 0.25) is 17.6 Å². The molecular formula is C18H15Br2N5O5. The molecule has 12 heteroatoms. The number of carbonyl (C=O) groups is 3. The quantitative estimate of drug-likeness (QED) is 0.320. The molecule has 0 aliphatic rings. The number of amides is 2. The van der Waals surface area contributed by atoms with E-state index in [1.807, 2.05) is 0 Å². The number of ether oxygens (including phenoxy) is 1. The molecule has 3 rings (SSSR count). The maximum atomic E-state index is 12.6. The molecule has 0 radical (unpaired) electrons. The van der Waals surface area contributed by atoms with E-state index in [1.165, 1.54) is 7.11 Å². The third kappa shape index (κ3) is 5.13. The van der Waals surface area contributed by atoms with Crippen LogP contribution in [-0.2, 0) is 14.3 Å². The Morgan fingerprint density at radius 2 is 1.97 bits per heavy atom. The zero-order valence-electron chi connectivity index (χ0n) is 15.7. The molecule has 30 heavy (non-hydrogen) atoms. The van der Waals surface area contributed by atoms with Crippen molar-refractivity contribution in [3.63, 3.8) is 0 Å². The van der Waals surface area contributed by atoms with Crippen LogP contribution < -0.4 is 10.6 Å². The summed E-state index contributed by atoms with van der Waals surface area (Å²) in [5.41, 5.74) is 1.51. The van der Waals surface area contributed by atoms with Crippen LogP contribution in [0.15, 0.2) is 37.9 Å². The van der Waals surface area contributed by atoms with Crippen molar-refractivity contribution in [2.75, 3.05) is 17.7 Å². The summed E-state index contributed by atoms with van der Waals surface area (Å²) in [6, 6.07) is 6.34. The van der Waals surface area contributed by atoms with E-state index in [2.05, 4.69) is 62.4 Å². The number of benzene rings is 1. The number of hydrogen-bond acceptors (Lipinski definition) is 7. The van der Waals surface area contributed by atoms with E-state index in [0.29, 0.717) is 37.6 Å². The van der Waals surface area contributed by atoms with Crippen molar-refractivity contribution >= 4 is 61.0 Å². The largest absolute Gasteiger partial charge is 0.469 e. The summed E-state index contributed by atoms with van der Waals surface area (Å²) in [7, 11) is 1.20. The topological polar surface area (TPSA) is 139 Å². The summed E-state index contributed by atoms with van der Waals surface area (Å²) in [5, 5.41) is 9.25. The number of nitrogens with one attached hydrogen (secondary N) is 3. The molecule has 0 saturated carbocycles. The lowest BCUT2D eigenvalue weighted by atomic mass is 10.1. The smallest absolute Gasteiger partial charge is 0.315 e. The lowest BCUT2D eigenvalue weighted by molar-refractivity contribution is -0.142. The summed E-state index contributed by atoms with van der Waals surface area (Å²) in [6.45, 7) is 1.63. The molecule has 0 spiro atoms. The van der Waals surface area contributed by atoms with E-state index in [1.54, 1.807) is 31.2 Å². The van der Waals surface area contributed by atoms with Crippen molar-refractivity contribution in [1.82, 2.24) is 15.1 Å². The number of carbonyl (C=O) groups excluding carboxylic acids is 3. The molecule has 0 aliphatic heterocycles. The Balaban J connectivity index is 1.89. The van der Waals surface area contributed by atoms with Crippen LogP contribution in [-0.4, -0.2) is 40.0 Å². The van der Waals surface area contributed by atoms with Crippen LogP contribution in [0.25, 0.3) is 11.4 Å². The Kier molecular flexibility index (Phi) is 6.67. The summed E-state index contributed by atoms with van der Waals surface area (Å²) >= 11 is 6.60. The van der Waals surface area contributed by atoms with Gasteiger partial charge in [-0.05, 0) is 56.1 Å². The molecular weight excluding hydrogens is 526 g/mol. The fraction of sp³-hybridized carbons (Fsp3) is 0.167. The van der Waals surface area contributed by atoms with Crippen LogP contribution in [0.4, 0.5) is 11.4 Å². The SMILES string of the molecule is COC(=O)CC(=O)Nc1ccc(NC(=O)c2cc(Br)c(Br)[nH]2)c(-c2noc(C)n2)c1. The van der Waals surface area contributed by atoms with Gasteiger partial charge in [-0.2, -0.15) is 4.98 Å². The predicted molar refractivity (Wildman–Crippen MR) is 114 cm³/mol. The molecule has 0 bridgehead atoms. The van der Waals surface area contributed by atoms with Gasteiger partial charge in [0.1, 0.15) is 12.1 Å². The van der Waals surface area contributed by atoms with Gasteiger partial charge in [-0.1, -0.05) is 5.16 Å².